The smallest absolute Gasteiger partial charge is 0.286 e. The van der Waals surface area contributed by atoms with Gasteiger partial charge in [0.25, 0.3) is 11.6 Å². The maximum Gasteiger partial charge on any atom is 0.286 e. The molecule has 1 aromatic heterocycles. The third kappa shape index (κ3) is 4.43. The number of para-hydroxylation sites is 1. The highest BCUT2D eigenvalue weighted by Crippen LogP contribution is 2.33. The van der Waals surface area contributed by atoms with Crippen LogP contribution < -0.4 is 0 Å². The zero-order valence-corrected chi connectivity index (χ0v) is 18.3. The molecule has 0 radical (unpaired) electrons. The minimum Gasteiger partial charge on any atom is -0.378 e. The molecule has 0 atom stereocenters. The van der Waals surface area contributed by atoms with Crippen molar-refractivity contribution in [3.05, 3.63) is 81.4 Å². The maximum absolute atomic E-state index is 12.6. The number of benzene rings is 2. The Labute approximate surface area is 193 Å². The standard InChI is InChI=1S/C23H19N5O4S/c29-22-20(33-23(24-22)26-10-12-32-13-11-26)14-17-15-27(18-4-2-1-3-5-18)25-21(17)16-6-8-19(9-7-16)28(30)31/h1-9,14-15H,10-13H2/b20-14-. The molecular weight excluding hydrogens is 442 g/mol. The van der Waals surface area contributed by atoms with Crippen LogP contribution in [0, 0.1) is 10.1 Å². The van der Waals surface area contributed by atoms with E-state index < -0.39 is 4.92 Å². The van der Waals surface area contributed by atoms with Crippen molar-refractivity contribution >= 4 is 34.6 Å². The molecule has 0 saturated carbocycles. The number of nitrogens with zero attached hydrogens (tertiary/aromatic N) is 5. The molecule has 0 spiro atoms. The number of morpholine rings is 1. The third-order valence-electron chi connectivity index (χ3n) is 5.29. The molecule has 9 nitrogen and oxygen atoms in total. The summed E-state index contributed by atoms with van der Waals surface area (Å²) in [4.78, 5) is 30.0. The van der Waals surface area contributed by atoms with Crippen LogP contribution in [0.5, 0.6) is 0 Å². The van der Waals surface area contributed by atoms with E-state index in [4.69, 9.17) is 9.84 Å². The molecule has 2 aromatic carbocycles. The topological polar surface area (TPSA) is 103 Å². The van der Waals surface area contributed by atoms with E-state index in [1.807, 2.05) is 36.5 Å². The molecule has 10 heteroatoms. The number of thioether (sulfide) groups is 1. The number of ether oxygens (including phenoxy) is 1. The molecule has 0 N–H and O–H groups in total. The zero-order chi connectivity index (χ0) is 22.8. The molecule has 2 aliphatic rings. The SMILES string of the molecule is O=C1N=C(N2CCOCC2)S/C1=C\c1cn(-c2ccccc2)nc1-c1ccc([N+](=O)[O-])cc1. The number of hydrogen-bond acceptors (Lipinski definition) is 7. The molecule has 2 aliphatic heterocycles. The second-order valence-corrected chi connectivity index (χ2v) is 8.44. The number of non-ortho nitro benzene ring substituents is 1. The van der Waals surface area contributed by atoms with Crippen LogP contribution in [0.1, 0.15) is 5.56 Å². The van der Waals surface area contributed by atoms with Gasteiger partial charge in [0.05, 0.1) is 34.4 Å². The Morgan fingerprint density at radius 1 is 1.06 bits per heavy atom. The molecule has 1 amide bonds. The van der Waals surface area contributed by atoms with E-state index in [1.165, 1.54) is 23.9 Å². The summed E-state index contributed by atoms with van der Waals surface area (Å²) in [5.41, 5.74) is 2.93. The molecule has 3 heterocycles. The molecule has 0 bridgehead atoms. The van der Waals surface area contributed by atoms with Gasteiger partial charge in [-0.05, 0) is 42.1 Å². The van der Waals surface area contributed by atoms with Gasteiger partial charge in [0.2, 0.25) is 0 Å². The average Bonchev–Trinajstić information content (AvgIpc) is 3.44. The van der Waals surface area contributed by atoms with E-state index in [0.717, 1.165) is 11.3 Å². The molecule has 0 unspecified atom stereocenters. The van der Waals surface area contributed by atoms with Gasteiger partial charge in [0.15, 0.2) is 5.17 Å². The van der Waals surface area contributed by atoms with Crippen molar-refractivity contribution in [2.75, 3.05) is 26.3 Å². The summed E-state index contributed by atoms with van der Waals surface area (Å²) < 4.78 is 7.12. The quantitative estimate of drug-likeness (QED) is 0.331. The number of aliphatic imine (C=N–C) groups is 1. The number of carbonyl (C=O) groups excluding carboxylic acids is 1. The van der Waals surface area contributed by atoms with Crippen molar-refractivity contribution in [3.63, 3.8) is 0 Å². The first-order chi connectivity index (χ1) is 16.1. The van der Waals surface area contributed by atoms with Crippen molar-refractivity contribution in [1.82, 2.24) is 14.7 Å². The zero-order valence-electron chi connectivity index (χ0n) is 17.5. The molecule has 0 aliphatic carbocycles. The van der Waals surface area contributed by atoms with E-state index in [1.54, 1.807) is 22.9 Å². The lowest BCUT2D eigenvalue weighted by Crippen LogP contribution is -2.38. The third-order valence-corrected chi connectivity index (χ3v) is 6.34. The van der Waals surface area contributed by atoms with Gasteiger partial charge in [-0.2, -0.15) is 10.1 Å². The summed E-state index contributed by atoms with van der Waals surface area (Å²) in [5, 5.41) is 16.4. The summed E-state index contributed by atoms with van der Waals surface area (Å²) >= 11 is 1.34. The summed E-state index contributed by atoms with van der Waals surface area (Å²) in [7, 11) is 0. The highest BCUT2D eigenvalue weighted by molar-refractivity contribution is 8.18. The summed E-state index contributed by atoms with van der Waals surface area (Å²) in [6.45, 7) is 2.63. The van der Waals surface area contributed by atoms with E-state index in [9.17, 15) is 14.9 Å². The van der Waals surface area contributed by atoms with Crippen molar-refractivity contribution in [2.45, 2.75) is 0 Å². The first kappa shape index (κ1) is 21.1. The molecule has 33 heavy (non-hydrogen) atoms. The van der Waals surface area contributed by atoms with Crippen molar-refractivity contribution < 1.29 is 14.5 Å². The van der Waals surface area contributed by atoms with Crippen LogP contribution in [-0.2, 0) is 9.53 Å². The molecule has 5 rings (SSSR count). The number of rotatable bonds is 4. The first-order valence-electron chi connectivity index (χ1n) is 10.3. The molecule has 166 valence electrons. The van der Waals surface area contributed by atoms with Gasteiger partial charge in [-0.3, -0.25) is 14.9 Å². The number of nitro benzene ring substituents is 1. The summed E-state index contributed by atoms with van der Waals surface area (Å²) in [5.74, 6) is -0.288. The fourth-order valence-electron chi connectivity index (χ4n) is 3.60. The van der Waals surface area contributed by atoms with E-state index in [-0.39, 0.29) is 11.6 Å². The lowest BCUT2D eigenvalue weighted by molar-refractivity contribution is -0.384. The Morgan fingerprint density at radius 3 is 2.48 bits per heavy atom. The van der Waals surface area contributed by atoms with Crippen molar-refractivity contribution in [1.29, 1.82) is 0 Å². The molecular formula is C23H19N5O4S. The number of amidine groups is 1. The lowest BCUT2D eigenvalue weighted by atomic mass is 10.1. The minimum atomic E-state index is -0.437. The van der Waals surface area contributed by atoms with Gasteiger partial charge in [-0.15, -0.1) is 0 Å². The number of aromatic nitrogens is 2. The Morgan fingerprint density at radius 2 is 1.79 bits per heavy atom. The molecule has 3 aromatic rings. The second-order valence-electron chi connectivity index (χ2n) is 7.43. The van der Waals surface area contributed by atoms with Gasteiger partial charge in [0.1, 0.15) is 0 Å². The molecule has 1 saturated heterocycles. The number of hydrogen-bond donors (Lipinski definition) is 0. The van der Waals surface area contributed by atoms with Crippen LogP contribution in [0.25, 0.3) is 23.0 Å². The molecule has 1 fully saturated rings. The fraction of sp³-hybridized carbons (Fsp3) is 0.174. The van der Waals surface area contributed by atoms with Gasteiger partial charge >= 0.3 is 0 Å². The van der Waals surface area contributed by atoms with Gasteiger partial charge in [-0.25, -0.2) is 4.68 Å². The Bertz CT molecular complexity index is 1260. The van der Waals surface area contributed by atoms with Gasteiger partial charge < -0.3 is 9.64 Å². The predicted molar refractivity (Wildman–Crippen MR) is 126 cm³/mol. The Kier molecular flexibility index (Phi) is 5.76. The predicted octanol–water partition coefficient (Wildman–Crippen LogP) is 3.75. The van der Waals surface area contributed by atoms with E-state index >= 15 is 0 Å². The summed E-state index contributed by atoms with van der Waals surface area (Å²) in [6.07, 6.45) is 3.63. The van der Waals surface area contributed by atoms with E-state index in [0.29, 0.717) is 47.6 Å². The largest absolute Gasteiger partial charge is 0.378 e. The van der Waals surface area contributed by atoms with Gasteiger partial charge in [0, 0.05) is 42.5 Å². The van der Waals surface area contributed by atoms with Crippen LogP contribution in [0.2, 0.25) is 0 Å². The Balaban J connectivity index is 1.51. The van der Waals surface area contributed by atoms with Crippen LogP contribution in [0.4, 0.5) is 5.69 Å². The normalized spacial score (nSPS) is 17.5. The highest BCUT2D eigenvalue weighted by atomic mass is 32.2. The van der Waals surface area contributed by atoms with Crippen LogP contribution in [0.15, 0.2) is 70.7 Å². The fourth-order valence-corrected chi connectivity index (χ4v) is 4.56. The first-order valence-corrected chi connectivity index (χ1v) is 11.2. The van der Waals surface area contributed by atoms with Crippen LogP contribution >= 0.6 is 11.8 Å². The van der Waals surface area contributed by atoms with Crippen LogP contribution in [-0.4, -0.2) is 57.0 Å². The minimum absolute atomic E-state index is 0.00576. The van der Waals surface area contributed by atoms with E-state index in [2.05, 4.69) is 9.89 Å². The number of carbonyl (C=O) groups is 1. The average molecular weight is 462 g/mol. The highest BCUT2D eigenvalue weighted by Gasteiger charge is 2.28. The number of nitro groups is 1. The van der Waals surface area contributed by atoms with Crippen molar-refractivity contribution in [3.8, 4) is 16.9 Å². The lowest BCUT2D eigenvalue weighted by Gasteiger charge is -2.27. The maximum atomic E-state index is 12.6. The van der Waals surface area contributed by atoms with Crippen molar-refractivity contribution in [2.24, 2.45) is 4.99 Å². The summed E-state index contributed by atoms with van der Waals surface area (Å²) in [6, 6.07) is 15.8. The second kappa shape index (κ2) is 9.00. The van der Waals surface area contributed by atoms with Gasteiger partial charge in [-0.1, -0.05) is 18.2 Å². The Hall–Kier alpha value is -3.76. The van der Waals surface area contributed by atoms with Crippen LogP contribution in [0.3, 0.4) is 0 Å². The monoisotopic (exact) mass is 461 g/mol. The number of amides is 1.